The standard InChI is InChI=1S/C20H26O2/c1-19-8-7-16-15-5-4-14(22-2)9-12(15)3-6-17(16)20(19)11-13(20)10-18(19)21/h4-5,9,13,16-18,21H,3,6-8,10-11H2,1-2H3/t13-,16-,17-,18+,19-,20-/m1/s1. The minimum Gasteiger partial charge on any atom is -0.497 e. The van der Waals surface area contributed by atoms with E-state index >= 15 is 0 Å². The third-order valence-electron chi connectivity index (χ3n) is 8.06. The Morgan fingerprint density at radius 1 is 1.27 bits per heavy atom. The van der Waals surface area contributed by atoms with Gasteiger partial charge in [0, 0.05) is 0 Å². The number of fused-ring (bicyclic) bond motifs is 3. The van der Waals surface area contributed by atoms with Gasteiger partial charge in [0.15, 0.2) is 0 Å². The Bertz CT molecular complexity index is 639. The number of methoxy groups -OCH3 is 1. The van der Waals surface area contributed by atoms with Crippen molar-refractivity contribution < 1.29 is 9.84 Å². The lowest BCUT2D eigenvalue weighted by Gasteiger charge is -2.52. The lowest BCUT2D eigenvalue weighted by atomic mass is 9.52. The van der Waals surface area contributed by atoms with Crippen LogP contribution in [0.25, 0.3) is 0 Å². The lowest BCUT2D eigenvalue weighted by molar-refractivity contribution is -0.0558. The van der Waals surface area contributed by atoms with Crippen LogP contribution >= 0.6 is 0 Å². The van der Waals surface area contributed by atoms with Crippen LogP contribution in [0.15, 0.2) is 18.2 Å². The molecule has 0 saturated heterocycles. The van der Waals surface area contributed by atoms with Gasteiger partial charge in [0.05, 0.1) is 13.2 Å². The minimum absolute atomic E-state index is 0.0514. The van der Waals surface area contributed by atoms with Crippen LogP contribution in [-0.2, 0) is 6.42 Å². The predicted molar refractivity (Wildman–Crippen MR) is 86.1 cm³/mol. The van der Waals surface area contributed by atoms with Gasteiger partial charge in [-0.25, -0.2) is 0 Å². The smallest absolute Gasteiger partial charge is 0.119 e. The van der Waals surface area contributed by atoms with Crippen molar-refractivity contribution in [2.75, 3.05) is 7.11 Å². The fourth-order valence-electron chi connectivity index (χ4n) is 6.90. The van der Waals surface area contributed by atoms with Crippen molar-refractivity contribution in [3.05, 3.63) is 29.3 Å². The molecule has 2 heteroatoms. The van der Waals surface area contributed by atoms with Crippen LogP contribution in [0.1, 0.15) is 56.1 Å². The van der Waals surface area contributed by atoms with E-state index in [0.29, 0.717) is 5.41 Å². The summed E-state index contributed by atoms with van der Waals surface area (Å²) in [5.41, 5.74) is 3.76. The minimum atomic E-state index is -0.0514. The monoisotopic (exact) mass is 298 g/mol. The molecule has 5 rings (SSSR count). The van der Waals surface area contributed by atoms with E-state index in [0.717, 1.165) is 29.9 Å². The van der Waals surface area contributed by atoms with Gasteiger partial charge < -0.3 is 9.84 Å². The number of hydrogen-bond acceptors (Lipinski definition) is 2. The Kier molecular flexibility index (Phi) is 2.49. The van der Waals surface area contributed by atoms with Gasteiger partial charge in [-0.15, -0.1) is 0 Å². The SMILES string of the molecule is COc1ccc2c(c1)CC[C@@H]1[C@@H]2CC[C@]2(C)[C@@H](O)C[C@@H]3C[C@@]312. The van der Waals surface area contributed by atoms with Crippen LogP contribution in [0.3, 0.4) is 0 Å². The van der Waals surface area contributed by atoms with Gasteiger partial charge in [0.2, 0.25) is 0 Å². The summed E-state index contributed by atoms with van der Waals surface area (Å²) in [6.45, 7) is 2.39. The zero-order valence-corrected chi connectivity index (χ0v) is 13.6. The number of aryl methyl sites for hydroxylation is 1. The second-order valence-electron chi connectivity index (χ2n) is 8.47. The second kappa shape index (κ2) is 4.08. The number of benzene rings is 1. The molecule has 4 aliphatic rings. The van der Waals surface area contributed by atoms with Gasteiger partial charge in [-0.05, 0) is 90.4 Å². The fraction of sp³-hybridized carbons (Fsp3) is 0.700. The highest BCUT2D eigenvalue weighted by molar-refractivity contribution is 5.42. The zero-order valence-electron chi connectivity index (χ0n) is 13.6. The largest absolute Gasteiger partial charge is 0.497 e. The molecule has 22 heavy (non-hydrogen) atoms. The van der Waals surface area contributed by atoms with Crippen molar-refractivity contribution in [3.8, 4) is 5.75 Å². The molecular weight excluding hydrogens is 272 g/mol. The molecule has 1 spiro atoms. The van der Waals surface area contributed by atoms with Crippen molar-refractivity contribution in [1.29, 1.82) is 0 Å². The Morgan fingerprint density at radius 3 is 2.95 bits per heavy atom. The molecular formula is C20H26O2. The molecule has 0 bridgehead atoms. The van der Waals surface area contributed by atoms with Gasteiger partial charge in [-0.2, -0.15) is 0 Å². The molecule has 3 saturated carbocycles. The molecule has 2 nitrogen and oxygen atoms in total. The summed E-state index contributed by atoms with van der Waals surface area (Å²) < 4.78 is 5.41. The maximum atomic E-state index is 10.6. The summed E-state index contributed by atoms with van der Waals surface area (Å²) in [4.78, 5) is 0. The Hall–Kier alpha value is -1.02. The highest BCUT2D eigenvalue weighted by Gasteiger charge is 2.76. The molecule has 1 aromatic rings. The topological polar surface area (TPSA) is 29.5 Å². The molecule has 3 fully saturated rings. The molecule has 1 N–H and O–H groups in total. The highest BCUT2D eigenvalue weighted by atomic mass is 16.5. The normalized spacial score (nSPS) is 48.0. The third kappa shape index (κ3) is 1.37. The van der Waals surface area contributed by atoms with Crippen molar-refractivity contribution in [1.82, 2.24) is 0 Å². The average molecular weight is 298 g/mol. The van der Waals surface area contributed by atoms with Crippen LogP contribution in [0.2, 0.25) is 0 Å². The van der Waals surface area contributed by atoms with Gasteiger partial charge in [0.25, 0.3) is 0 Å². The molecule has 0 heterocycles. The van der Waals surface area contributed by atoms with E-state index < -0.39 is 0 Å². The number of aliphatic hydroxyl groups is 1. The summed E-state index contributed by atoms with van der Waals surface area (Å²) in [6, 6.07) is 6.72. The Balaban J connectivity index is 1.56. The second-order valence-corrected chi connectivity index (χ2v) is 8.47. The van der Waals surface area contributed by atoms with E-state index in [4.69, 9.17) is 4.74 Å². The summed E-state index contributed by atoms with van der Waals surface area (Å²) in [7, 11) is 1.76. The molecule has 6 atom stereocenters. The van der Waals surface area contributed by atoms with E-state index in [2.05, 4.69) is 25.1 Å². The van der Waals surface area contributed by atoms with Crippen LogP contribution in [-0.4, -0.2) is 18.3 Å². The summed E-state index contributed by atoms with van der Waals surface area (Å²) >= 11 is 0. The Labute approximate surface area is 132 Å². The Morgan fingerprint density at radius 2 is 2.14 bits per heavy atom. The lowest BCUT2D eigenvalue weighted by Crippen LogP contribution is -2.47. The van der Waals surface area contributed by atoms with Crippen molar-refractivity contribution in [2.45, 2.75) is 57.5 Å². The van der Waals surface area contributed by atoms with E-state index in [-0.39, 0.29) is 11.5 Å². The number of hydrogen-bond donors (Lipinski definition) is 1. The first-order valence-electron chi connectivity index (χ1n) is 8.95. The zero-order chi connectivity index (χ0) is 15.1. The third-order valence-corrected chi connectivity index (χ3v) is 8.06. The molecule has 118 valence electrons. The molecule has 4 aliphatic carbocycles. The van der Waals surface area contributed by atoms with Gasteiger partial charge in [-0.3, -0.25) is 0 Å². The molecule has 1 aromatic carbocycles. The van der Waals surface area contributed by atoms with Crippen LogP contribution in [0.4, 0.5) is 0 Å². The maximum Gasteiger partial charge on any atom is 0.119 e. The van der Waals surface area contributed by atoms with E-state index in [1.165, 1.54) is 37.7 Å². The first kappa shape index (κ1) is 13.4. The van der Waals surface area contributed by atoms with Crippen molar-refractivity contribution >= 4 is 0 Å². The van der Waals surface area contributed by atoms with Gasteiger partial charge in [0.1, 0.15) is 5.75 Å². The first-order valence-corrected chi connectivity index (χ1v) is 8.95. The number of ether oxygens (including phenoxy) is 1. The maximum absolute atomic E-state index is 10.6. The number of rotatable bonds is 1. The van der Waals surface area contributed by atoms with Crippen LogP contribution in [0.5, 0.6) is 5.75 Å². The molecule has 0 aromatic heterocycles. The van der Waals surface area contributed by atoms with Gasteiger partial charge in [-0.1, -0.05) is 13.0 Å². The van der Waals surface area contributed by atoms with Crippen molar-refractivity contribution in [3.63, 3.8) is 0 Å². The average Bonchev–Trinajstić information content (AvgIpc) is 3.19. The quantitative estimate of drug-likeness (QED) is 0.851. The van der Waals surface area contributed by atoms with Gasteiger partial charge >= 0.3 is 0 Å². The highest BCUT2D eigenvalue weighted by Crippen LogP contribution is 2.81. The van der Waals surface area contributed by atoms with Crippen molar-refractivity contribution in [2.24, 2.45) is 22.7 Å². The fourth-order valence-corrected chi connectivity index (χ4v) is 6.90. The van der Waals surface area contributed by atoms with E-state index in [9.17, 15) is 5.11 Å². The first-order chi connectivity index (χ1) is 10.6. The van der Waals surface area contributed by atoms with Crippen LogP contribution < -0.4 is 4.74 Å². The summed E-state index contributed by atoms with van der Waals surface area (Å²) in [6.07, 6.45) is 7.36. The molecule has 0 aliphatic heterocycles. The van der Waals surface area contributed by atoms with E-state index in [1.807, 2.05) is 0 Å². The predicted octanol–water partition coefficient (Wildman–Crippen LogP) is 3.91. The molecule has 0 radical (unpaired) electrons. The summed E-state index contributed by atoms with van der Waals surface area (Å²) in [5, 5.41) is 10.6. The molecule has 0 unspecified atom stereocenters. The molecule has 0 amide bonds. The van der Waals surface area contributed by atoms with E-state index in [1.54, 1.807) is 12.7 Å². The van der Waals surface area contributed by atoms with Crippen LogP contribution in [0, 0.1) is 22.7 Å². The summed E-state index contributed by atoms with van der Waals surface area (Å²) in [5.74, 6) is 3.32. The number of aliphatic hydroxyl groups excluding tert-OH is 1.